The summed E-state index contributed by atoms with van der Waals surface area (Å²) in [6.45, 7) is 1.48. The predicted molar refractivity (Wildman–Crippen MR) is 71.7 cm³/mol. The number of amides is 1. The molecule has 0 aliphatic carbocycles. The van der Waals surface area contributed by atoms with E-state index >= 15 is 0 Å². The fourth-order valence-electron chi connectivity index (χ4n) is 1.79. The van der Waals surface area contributed by atoms with Gasteiger partial charge in [0.1, 0.15) is 6.04 Å². The predicted octanol–water partition coefficient (Wildman–Crippen LogP) is 0.762. The molecule has 1 aromatic heterocycles. The van der Waals surface area contributed by atoms with Gasteiger partial charge in [0, 0.05) is 17.5 Å². The molecule has 0 bridgehead atoms. The summed E-state index contributed by atoms with van der Waals surface area (Å²) in [6, 6.07) is 3.16. The zero-order valence-corrected chi connectivity index (χ0v) is 11.2. The molecule has 1 aromatic carbocycles. The van der Waals surface area contributed by atoms with E-state index in [4.69, 9.17) is 0 Å². The van der Waals surface area contributed by atoms with Gasteiger partial charge in [-0.2, -0.15) is 5.10 Å². The minimum absolute atomic E-state index is 0.0515. The van der Waals surface area contributed by atoms with E-state index in [1.165, 1.54) is 32.2 Å². The molecule has 1 heterocycles. The number of benzene rings is 1. The minimum atomic E-state index is -0.827. The van der Waals surface area contributed by atoms with Crippen LogP contribution in [0, 0.1) is 10.1 Å². The number of H-pyrrole nitrogens is 1. The maximum atomic E-state index is 12.0. The maximum absolute atomic E-state index is 12.0. The van der Waals surface area contributed by atoms with Gasteiger partial charge in [0.15, 0.2) is 5.69 Å². The van der Waals surface area contributed by atoms with E-state index in [0.29, 0.717) is 10.9 Å². The molecule has 2 aromatic rings. The van der Waals surface area contributed by atoms with Crippen LogP contribution in [0.4, 0.5) is 5.69 Å². The Morgan fingerprint density at radius 1 is 1.48 bits per heavy atom. The number of rotatable bonds is 4. The Hall–Kier alpha value is -2.97. The number of carbonyl (C=O) groups excluding carboxylic acids is 2. The SMILES string of the molecule is COC(=O)C(C)NC(=O)c1n[nH]c2cc([N+](=O)[O-])ccc12. The molecular formula is C12H12N4O5. The summed E-state index contributed by atoms with van der Waals surface area (Å²) in [4.78, 5) is 33.4. The topological polar surface area (TPSA) is 127 Å². The molecule has 1 amide bonds. The van der Waals surface area contributed by atoms with Gasteiger partial charge in [0.25, 0.3) is 11.6 Å². The van der Waals surface area contributed by atoms with Crippen LogP contribution in [0.1, 0.15) is 17.4 Å². The number of nitrogens with one attached hydrogen (secondary N) is 2. The highest BCUT2D eigenvalue weighted by molar-refractivity contribution is 6.06. The number of nitro benzene ring substituents is 1. The number of nitrogens with zero attached hydrogens (tertiary/aromatic N) is 2. The van der Waals surface area contributed by atoms with Crippen molar-refractivity contribution < 1.29 is 19.2 Å². The summed E-state index contributed by atoms with van der Waals surface area (Å²) < 4.78 is 4.50. The van der Waals surface area contributed by atoms with Crippen molar-refractivity contribution in [1.29, 1.82) is 0 Å². The zero-order valence-electron chi connectivity index (χ0n) is 11.2. The fourth-order valence-corrected chi connectivity index (χ4v) is 1.79. The van der Waals surface area contributed by atoms with E-state index in [0.717, 1.165) is 0 Å². The van der Waals surface area contributed by atoms with E-state index in [9.17, 15) is 19.7 Å². The molecule has 21 heavy (non-hydrogen) atoms. The first-order valence-corrected chi connectivity index (χ1v) is 5.95. The molecule has 1 unspecified atom stereocenters. The lowest BCUT2D eigenvalue weighted by Crippen LogP contribution is -2.39. The summed E-state index contributed by atoms with van der Waals surface area (Å²) in [5.41, 5.74) is 0.303. The van der Waals surface area contributed by atoms with E-state index in [2.05, 4.69) is 20.3 Å². The van der Waals surface area contributed by atoms with Crippen LogP contribution in [0.3, 0.4) is 0 Å². The normalized spacial score (nSPS) is 11.9. The van der Waals surface area contributed by atoms with E-state index in [-0.39, 0.29) is 11.4 Å². The van der Waals surface area contributed by atoms with Crippen LogP contribution in [0.15, 0.2) is 18.2 Å². The lowest BCUT2D eigenvalue weighted by Gasteiger charge is -2.10. The molecule has 9 nitrogen and oxygen atoms in total. The lowest BCUT2D eigenvalue weighted by molar-refractivity contribution is -0.384. The number of nitro groups is 1. The van der Waals surface area contributed by atoms with Gasteiger partial charge < -0.3 is 10.1 Å². The second-order valence-electron chi connectivity index (χ2n) is 4.28. The maximum Gasteiger partial charge on any atom is 0.328 e. The minimum Gasteiger partial charge on any atom is -0.467 e. The van der Waals surface area contributed by atoms with Gasteiger partial charge in [0.05, 0.1) is 17.5 Å². The standard InChI is InChI=1S/C12H12N4O5/c1-6(12(18)21-2)13-11(17)10-8-4-3-7(16(19)20)5-9(8)14-15-10/h3-6H,1-2H3,(H,13,17)(H,14,15). The Bertz CT molecular complexity index is 724. The van der Waals surface area contributed by atoms with Gasteiger partial charge in [-0.3, -0.25) is 20.0 Å². The molecule has 0 saturated heterocycles. The van der Waals surface area contributed by atoms with Crippen molar-refractivity contribution in [2.75, 3.05) is 7.11 Å². The first-order chi connectivity index (χ1) is 9.93. The Morgan fingerprint density at radius 3 is 2.81 bits per heavy atom. The molecule has 0 aliphatic rings. The van der Waals surface area contributed by atoms with Crippen LogP contribution in [-0.4, -0.2) is 40.1 Å². The van der Waals surface area contributed by atoms with Crippen LogP contribution in [0.5, 0.6) is 0 Å². The highest BCUT2D eigenvalue weighted by atomic mass is 16.6. The quantitative estimate of drug-likeness (QED) is 0.486. The largest absolute Gasteiger partial charge is 0.467 e. The van der Waals surface area contributed by atoms with Crippen molar-refractivity contribution >= 4 is 28.5 Å². The third-order valence-electron chi connectivity index (χ3n) is 2.87. The summed E-state index contributed by atoms with van der Waals surface area (Å²) in [7, 11) is 1.22. The number of esters is 1. The second-order valence-corrected chi connectivity index (χ2v) is 4.28. The number of aromatic nitrogens is 2. The Kier molecular flexibility index (Phi) is 3.83. The average Bonchev–Trinajstić information content (AvgIpc) is 2.89. The van der Waals surface area contributed by atoms with Gasteiger partial charge in [-0.05, 0) is 13.0 Å². The number of aromatic amines is 1. The first-order valence-electron chi connectivity index (χ1n) is 5.95. The van der Waals surface area contributed by atoms with Gasteiger partial charge >= 0.3 is 5.97 Å². The van der Waals surface area contributed by atoms with Crippen LogP contribution >= 0.6 is 0 Å². The smallest absolute Gasteiger partial charge is 0.328 e. The molecule has 2 N–H and O–H groups in total. The van der Waals surface area contributed by atoms with Crippen molar-refractivity contribution in [2.45, 2.75) is 13.0 Å². The fraction of sp³-hybridized carbons (Fsp3) is 0.250. The van der Waals surface area contributed by atoms with E-state index < -0.39 is 22.8 Å². The van der Waals surface area contributed by atoms with Crippen molar-refractivity contribution in [1.82, 2.24) is 15.5 Å². The lowest BCUT2D eigenvalue weighted by atomic mass is 10.2. The molecule has 9 heteroatoms. The van der Waals surface area contributed by atoms with Crippen molar-refractivity contribution in [3.05, 3.63) is 34.0 Å². The third kappa shape index (κ3) is 2.81. The van der Waals surface area contributed by atoms with Crippen LogP contribution in [0.25, 0.3) is 10.9 Å². The van der Waals surface area contributed by atoms with Gasteiger partial charge in [-0.1, -0.05) is 0 Å². The first kappa shape index (κ1) is 14.4. The number of hydrogen-bond donors (Lipinski definition) is 2. The van der Waals surface area contributed by atoms with Crippen LogP contribution in [-0.2, 0) is 9.53 Å². The molecule has 2 rings (SSSR count). The summed E-state index contributed by atoms with van der Waals surface area (Å²) in [5, 5.41) is 19.9. The molecular weight excluding hydrogens is 280 g/mol. The number of carbonyl (C=O) groups is 2. The summed E-state index contributed by atoms with van der Waals surface area (Å²) >= 11 is 0. The van der Waals surface area contributed by atoms with Crippen LogP contribution in [0.2, 0.25) is 0 Å². The number of non-ortho nitro benzene ring substituents is 1. The van der Waals surface area contributed by atoms with Crippen molar-refractivity contribution in [2.24, 2.45) is 0 Å². The highest BCUT2D eigenvalue weighted by Gasteiger charge is 2.21. The molecule has 1 atom stereocenters. The van der Waals surface area contributed by atoms with Crippen LogP contribution < -0.4 is 5.32 Å². The molecule has 0 radical (unpaired) electrons. The monoisotopic (exact) mass is 292 g/mol. The number of methoxy groups -OCH3 is 1. The average molecular weight is 292 g/mol. The molecule has 0 aliphatic heterocycles. The number of hydrogen-bond acceptors (Lipinski definition) is 6. The highest BCUT2D eigenvalue weighted by Crippen LogP contribution is 2.21. The van der Waals surface area contributed by atoms with E-state index in [1.54, 1.807) is 0 Å². The second kappa shape index (κ2) is 5.57. The molecule has 0 spiro atoms. The molecule has 0 fully saturated rings. The van der Waals surface area contributed by atoms with E-state index in [1.807, 2.05) is 0 Å². The van der Waals surface area contributed by atoms with Gasteiger partial charge in [-0.15, -0.1) is 0 Å². The van der Waals surface area contributed by atoms with Crippen molar-refractivity contribution in [3.63, 3.8) is 0 Å². The molecule has 0 saturated carbocycles. The Labute approximate surface area is 118 Å². The van der Waals surface area contributed by atoms with Gasteiger partial charge in [-0.25, -0.2) is 4.79 Å². The number of fused-ring (bicyclic) bond motifs is 1. The Morgan fingerprint density at radius 2 is 2.19 bits per heavy atom. The number of ether oxygens (including phenoxy) is 1. The third-order valence-corrected chi connectivity index (χ3v) is 2.87. The Balaban J connectivity index is 2.28. The summed E-state index contributed by atoms with van der Waals surface area (Å²) in [6.07, 6.45) is 0. The molecule has 110 valence electrons. The van der Waals surface area contributed by atoms with Crippen molar-refractivity contribution in [3.8, 4) is 0 Å². The summed E-state index contributed by atoms with van der Waals surface area (Å²) in [5.74, 6) is -1.16. The zero-order chi connectivity index (χ0) is 15.6. The van der Waals surface area contributed by atoms with Gasteiger partial charge in [0.2, 0.25) is 0 Å².